The topological polar surface area (TPSA) is 76.0 Å². The summed E-state index contributed by atoms with van der Waals surface area (Å²) in [6.07, 6.45) is 2.55. The van der Waals surface area contributed by atoms with Crippen molar-refractivity contribution in [3.05, 3.63) is 17.5 Å². The molecule has 0 saturated heterocycles. The van der Waals surface area contributed by atoms with Crippen molar-refractivity contribution in [1.29, 1.82) is 0 Å². The second kappa shape index (κ2) is 5.59. The monoisotopic (exact) mass is 286 g/mol. The van der Waals surface area contributed by atoms with Crippen LogP contribution in [0.15, 0.2) is 22.6 Å². The average Bonchev–Trinajstić information content (AvgIpc) is 2.99. The van der Waals surface area contributed by atoms with Gasteiger partial charge in [0.05, 0.1) is 17.8 Å². The molecule has 1 aliphatic rings. The van der Waals surface area contributed by atoms with E-state index in [-0.39, 0.29) is 5.92 Å². The van der Waals surface area contributed by atoms with Crippen molar-refractivity contribution in [3.8, 4) is 0 Å². The fourth-order valence-electron chi connectivity index (χ4n) is 1.57. The number of carbonyl (C=O) groups is 1. The van der Waals surface area contributed by atoms with Crippen LogP contribution in [0.2, 0.25) is 0 Å². The Hall–Kier alpha value is -1.25. The van der Waals surface area contributed by atoms with Gasteiger partial charge in [0.15, 0.2) is 0 Å². The van der Waals surface area contributed by atoms with Crippen LogP contribution in [0.5, 0.6) is 0 Å². The van der Waals surface area contributed by atoms with Crippen molar-refractivity contribution in [2.45, 2.75) is 13.3 Å². The number of hydrogen-bond acceptors (Lipinski definition) is 5. The molecule has 0 bridgehead atoms. The summed E-state index contributed by atoms with van der Waals surface area (Å²) >= 11 is -1.46. The number of carbonyl (C=O) groups excluding carboxylic acids is 1. The molecule has 0 aliphatic carbocycles. The lowest BCUT2D eigenvalue weighted by Gasteiger charge is -2.26. The van der Waals surface area contributed by atoms with E-state index in [2.05, 4.69) is 5.10 Å². The number of rotatable bonds is 3. The molecule has 2 unspecified atom stereocenters. The molecule has 2 heterocycles. The largest absolute Gasteiger partial charge is 0.755 e. The standard InChI is InChI=1S/C10H13N3O3S2/c1-2-8-6-11-12(7-8)10(14)13(18(15)16)9-4-3-5-17-9/h3-6,8H,2,7H2,1H3,(H,15,16)/p-1. The zero-order chi connectivity index (χ0) is 13.1. The number of thiophene rings is 1. The fraction of sp³-hybridized carbons (Fsp3) is 0.400. The van der Waals surface area contributed by atoms with Crippen LogP contribution >= 0.6 is 11.3 Å². The van der Waals surface area contributed by atoms with Gasteiger partial charge in [-0.2, -0.15) is 5.10 Å². The lowest BCUT2D eigenvalue weighted by Crippen LogP contribution is -2.41. The van der Waals surface area contributed by atoms with Gasteiger partial charge in [0.1, 0.15) is 5.00 Å². The summed E-state index contributed by atoms with van der Waals surface area (Å²) < 4.78 is 23.1. The summed E-state index contributed by atoms with van der Waals surface area (Å²) in [5.74, 6) is 0.194. The zero-order valence-corrected chi connectivity index (χ0v) is 11.3. The first-order valence-electron chi connectivity index (χ1n) is 5.42. The second-order valence-electron chi connectivity index (χ2n) is 3.76. The van der Waals surface area contributed by atoms with Crippen LogP contribution in [0.4, 0.5) is 9.80 Å². The molecule has 98 valence electrons. The Morgan fingerprint density at radius 2 is 2.56 bits per heavy atom. The van der Waals surface area contributed by atoms with Gasteiger partial charge >= 0.3 is 6.03 Å². The minimum atomic E-state index is -2.64. The molecule has 2 atom stereocenters. The number of hydrazone groups is 1. The quantitative estimate of drug-likeness (QED) is 0.795. The van der Waals surface area contributed by atoms with Gasteiger partial charge in [0.2, 0.25) is 0 Å². The molecule has 0 aromatic carbocycles. The molecule has 6 nitrogen and oxygen atoms in total. The maximum atomic E-state index is 12.1. The van der Waals surface area contributed by atoms with E-state index in [1.54, 1.807) is 23.7 Å². The molecule has 1 aromatic heterocycles. The van der Waals surface area contributed by atoms with Crippen molar-refractivity contribution < 1.29 is 13.6 Å². The summed E-state index contributed by atoms with van der Waals surface area (Å²) in [6.45, 7) is 2.42. The summed E-state index contributed by atoms with van der Waals surface area (Å²) in [6, 6.07) is 2.63. The van der Waals surface area contributed by atoms with E-state index >= 15 is 0 Å². The Labute approximate surface area is 111 Å². The Balaban J connectivity index is 2.16. The van der Waals surface area contributed by atoms with Crippen LogP contribution in [0.1, 0.15) is 13.3 Å². The van der Waals surface area contributed by atoms with E-state index in [0.717, 1.165) is 10.7 Å². The van der Waals surface area contributed by atoms with Gasteiger partial charge < -0.3 is 4.55 Å². The first-order valence-corrected chi connectivity index (χ1v) is 7.33. The van der Waals surface area contributed by atoms with E-state index in [9.17, 15) is 13.6 Å². The minimum absolute atomic E-state index is 0.194. The number of amides is 2. The number of hydrogen-bond donors (Lipinski definition) is 0. The van der Waals surface area contributed by atoms with E-state index < -0.39 is 17.3 Å². The lowest BCUT2D eigenvalue weighted by molar-refractivity contribution is 0.212. The highest BCUT2D eigenvalue weighted by Gasteiger charge is 2.28. The lowest BCUT2D eigenvalue weighted by atomic mass is 10.1. The average molecular weight is 286 g/mol. The molecule has 2 amide bonds. The van der Waals surface area contributed by atoms with Crippen molar-refractivity contribution in [3.63, 3.8) is 0 Å². The van der Waals surface area contributed by atoms with Crippen molar-refractivity contribution in [1.82, 2.24) is 5.01 Å². The minimum Gasteiger partial charge on any atom is -0.755 e. The summed E-state index contributed by atoms with van der Waals surface area (Å²) in [5, 5.41) is 7.21. The Morgan fingerprint density at radius 1 is 1.78 bits per heavy atom. The molecule has 1 aliphatic heterocycles. The van der Waals surface area contributed by atoms with Crippen molar-refractivity contribution in [2.24, 2.45) is 11.0 Å². The van der Waals surface area contributed by atoms with Gasteiger partial charge in [-0.15, -0.1) is 11.3 Å². The van der Waals surface area contributed by atoms with Gasteiger partial charge in [-0.1, -0.05) is 6.92 Å². The predicted octanol–water partition coefficient (Wildman–Crippen LogP) is 1.80. The van der Waals surface area contributed by atoms with Gasteiger partial charge in [-0.05, 0) is 23.9 Å². The van der Waals surface area contributed by atoms with E-state index in [1.807, 2.05) is 6.92 Å². The van der Waals surface area contributed by atoms with Crippen LogP contribution in [-0.2, 0) is 11.3 Å². The molecule has 0 spiro atoms. The van der Waals surface area contributed by atoms with Gasteiger partial charge in [-0.3, -0.25) is 4.21 Å². The van der Waals surface area contributed by atoms with Gasteiger partial charge in [0.25, 0.3) is 0 Å². The number of anilines is 1. The van der Waals surface area contributed by atoms with Crippen LogP contribution in [-0.4, -0.2) is 32.6 Å². The molecule has 18 heavy (non-hydrogen) atoms. The van der Waals surface area contributed by atoms with Gasteiger partial charge in [0, 0.05) is 12.1 Å². The maximum Gasteiger partial charge on any atom is 0.356 e. The second-order valence-corrected chi connectivity index (χ2v) is 5.49. The third-order valence-electron chi connectivity index (χ3n) is 2.60. The zero-order valence-electron chi connectivity index (χ0n) is 9.68. The third-order valence-corrected chi connectivity index (χ3v) is 4.22. The predicted molar refractivity (Wildman–Crippen MR) is 70.1 cm³/mol. The van der Waals surface area contributed by atoms with Crippen molar-refractivity contribution in [2.75, 3.05) is 10.8 Å². The van der Waals surface area contributed by atoms with Crippen LogP contribution in [0.3, 0.4) is 0 Å². The Bertz CT molecular complexity index is 475. The highest BCUT2D eigenvalue weighted by Crippen LogP contribution is 2.25. The molecule has 1 aromatic rings. The molecule has 0 saturated carbocycles. The molecule has 0 fully saturated rings. The first-order chi connectivity index (χ1) is 8.63. The SMILES string of the molecule is CCC1C=NN(C(=O)N(c2cccs2)S(=O)[O-])C1. The Morgan fingerprint density at radius 3 is 3.06 bits per heavy atom. The molecule has 2 rings (SSSR count). The van der Waals surface area contributed by atoms with Crippen LogP contribution in [0, 0.1) is 5.92 Å². The third kappa shape index (κ3) is 2.60. The Kier molecular flexibility index (Phi) is 4.10. The van der Waals surface area contributed by atoms with E-state index in [1.165, 1.54) is 16.3 Å². The maximum absolute atomic E-state index is 12.1. The highest BCUT2D eigenvalue weighted by atomic mass is 32.2. The molecular formula is C10H12N3O3S2-. The van der Waals surface area contributed by atoms with Gasteiger partial charge in [-0.25, -0.2) is 14.1 Å². The number of urea groups is 1. The number of nitrogens with zero attached hydrogens (tertiary/aromatic N) is 3. The molecule has 0 N–H and O–H groups in total. The highest BCUT2D eigenvalue weighted by molar-refractivity contribution is 7.81. The van der Waals surface area contributed by atoms with Crippen LogP contribution in [0.25, 0.3) is 0 Å². The van der Waals surface area contributed by atoms with E-state index in [0.29, 0.717) is 11.5 Å². The normalized spacial score (nSPS) is 20.1. The van der Waals surface area contributed by atoms with E-state index in [4.69, 9.17) is 0 Å². The molecule has 8 heteroatoms. The summed E-state index contributed by atoms with van der Waals surface area (Å²) in [4.78, 5) is 12.1. The van der Waals surface area contributed by atoms with Crippen LogP contribution < -0.4 is 4.31 Å². The molecular weight excluding hydrogens is 274 g/mol. The molecule has 0 radical (unpaired) electrons. The smallest absolute Gasteiger partial charge is 0.356 e. The fourth-order valence-corrected chi connectivity index (χ4v) is 2.94. The summed E-state index contributed by atoms with van der Waals surface area (Å²) in [5.41, 5.74) is 0. The first kappa shape index (κ1) is 13.2. The summed E-state index contributed by atoms with van der Waals surface area (Å²) in [7, 11) is 0. The van der Waals surface area contributed by atoms with Crippen molar-refractivity contribution >= 4 is 39.9 Å².